The Bertz CT molecular complexity index is 671. The molecule has 0 atom stereocenters. The van der Waals surface area contributed by atoms with E-state index in [0.717, 1.165) is 17.9 Å². The van der Waals surface area contributed by atoms with E-state index >= 15 is 0 Å². The van der Waals surface area contributed by atoms with Crippen molar-refractivity contribution in [2.45, 2.75) is 19.8 Å². The molecular formula is C16H17N3O3. The minimum Gasteiger partial charge on any atom is -0.454 e. The zero-order chi connectivity index (χ0) is 15.4. The molecule has 0 saturated carbocycles. The molecule has 1 aromatic carbocycles. The molecule has 6 nitrogen and oxygen atoms in total. The molecule has 1 amide bonds. The summed E-state index contributed by atoms with van der Waals surface area (Å²) in [5.41, 5.74) is 1.55. The molecule has 22 heavy (non-hydrogen) atoms. The Morgan fingerprint density at radius 3 is 2.77 bits per heavy atom. The van der Waals surface area contributed by atoms with Crippen LogP contribution in [0.3, 0.4) is 0 Å². The summed E-state index contributed by atoms with van der Waals surface area (Å²) < 4.78 is 10.6. The second-order valence-corrected chi connectivity index (χ2v) is 4.92. The highest BCUT2D eigenvalue weighted by molar-refractivity contribution is 5.90. The Balaban J connectivity index is 1.64. The van der Waals surface area contributed by atoms with Gasteiger partial charge in [0.1, 0.15) is 5.82 Å². The van der Waals surface area contributed by atoms with Crippen LogP contribution in [0.5, 0.6) is 11.5 Å². The van der Waals surface area contributed by atoms with Crippen LogP contribution in [0.15, 0.2) is 36.5 Å². The third-order valence-electron chi connectivity index (χ3n) is 3.17. The lowest BCUT2D eigenvalue weighted by Crippen LogP contribution is -2.10. The SMILES string of the molecule is CCCC(=O)Nc1ccc(Nc2ccc3c(c2)OCO3)nc1. The van der Waals surface area contributed by atoms with Crippen LogP contribution in [-0.2, 0) is 4.79 Å². The number of rotatable bonds is 5. The van der Waals surface area contributed by atoms with E-state index < -0.39 is 0 Å². The predicted molar refractivity (Wildman–Crippen MR) is 83.6 cm³/mol. The molecule has 3 rings (SSSR count). The molecular weight excluding hydrogens is 282 g/mol. The second-order valence-electron chi connectivity index (χ2n) is 4.92. The van der Waals surface area contributed by atoms with E-state index in [1.165, 1.54) is 0 Å². The molecule has 0 radical (unpaired) electrons. The van der Waals surface area contributed by atoms with Gasteiger partial charge in [-0.3, -0.25) is 4.79 Å². The average Bonchev–Trinajstić information content (AvgIpc) is 2.97. The second kappa shape index (κ2) is 6.34. The smallest absolute Gasteiger partial charge is 0.231 e. The molecule has 2 heterocycles. The summed E-state index contributed by atoms with van der Waals surface area (Å²) >= 11 is 0. The quantitative estimate of drug-likeness (QED) is 0.886. The van der Waals surface area contributed by atoms with E-state index in [1.807, 2.05) is 37.3 Å². The van der Waals surface area contributed by atoms with Crippen molar-refractivity contribution >= 4 is 23.1 Å². The van der Waals surface area contributed by atoms with Crippen LogP contribution >= 0.6 is 0 Å². The monoisotopic (exact) mass is 299 g/mol. The number of hydrogen-bond donors (Lipinski definition) is 2. The van der Waals surface area contributed by atoms with Crippen molar-refractivity contribution < 1.29 is 14.3 Å². The van der Waals surface area contributed by atoms with Crippen LogP contribution in [0.4, 0.5) is 17.2 Å². The molecule has 0 spiro atoms. The molecule has 0 bridgehead atoms. The van der Waals surface area contributed by atoms with Gasteiger partial charge < -0.3 is 20.1 Å². The van der Waals surface area contributed by atoms with Crippen molar-refractivity contribution in [3.8, 4) is 11.5 Å². The maximum Gasteiger partial charge on any atom is 0.231 e. The van der Waals surface area contributed by atoms with E-state index in [0.29, 0.717) is 23.7 Å². The fourth-order valence-corrected chi connectivity index (χ4v) is 2.11. The highest BCUT2D eigenvalue weighted by Crippen LogP contribution is 2.34. The largest absolute Gasteiger partial charge is 0.454 e. The molecule has 2 aromatic rings. The van der Waals surface area contributed by atoms with Crippen LogP contribution in [0.1, 0.15) is 19.8 Å². The van der Waals surface area contributed by atoms with Gasteiger partial charge in [0.25, 0.3) is 0 Å². The minimum atomic E-state index is 0.000722. The van der Waals surface area contributed by atoms with E-state index in [2.05, 4.69) is 15.6 Å². The summed E-state index contributed by atoms with van der Waals surface area (Å²) in [6.45, 7) is 2.22. The molecule has 1 aromatic heterocycles. The molecule has 2 N–H and O–H groups in total. The van der Waals surface area contributed by atoms with Crippen molar-refractivity contribution in [1.29, 1.82) is 0 Å². The van der Waals surface area contributed by atoms with Crippen molar-refractivity contribution in [1.82, 2.24) is 4.98 Å². The summed E-state index contributed by atoms with van der Waals surface area (Å²) in [5, 5.41) is 5.98. The number of nitrogens with one attached hydrogen (secondary N) is 2. The van der Waals surface area contributed by atoms with Gasteiger partial charge in [0.05, 0.1) is 11.9 Å². The first-order valence-electron chi connectivity index (χ1n) is 7.17. The van der Waals surface area contributed by atoms with Crippen LogP contribution in [0.2, 0.25) is 0 Å². The van der Waals surface area contributed by atoms with Gasteiger partial charge in [0.15, 0.2) is 11.5 Å². The molecule has 0 aliphatic carbocycles. The van der Waals surface area contributed by atoms with Crippen LogP contribution < -0.4 is 20.1 Å². The molecule has 1 aliphatic heterocycles. The number of benzene rings is 1. The normalized spacial score (nSPS) is 12.0. The van der Waals surface area contributed by atoms with E-state index in [-0.39, 0.29) is 12.7 Å². The van der Waals surface area contributed by atoms with Gasteiger partial charge in [-0.1, -0.05) is 6.92 Å². The molecule has 6 heteroatoms. The summed E-state index contributed by atoms with van der Waals surface area (Å²) in [5.74, 6) is 2.15. The van der Waals surface area contributed by atoms with Gasteiger partial charge in [-0.25, -0.2) is 4.98 Å². The third-order valence-corrected chi connectivity index (χ3v) is 3.17. The first-order valence-corrected chi connectivity index (χ1v) is 7.17. The fourth-order valence-electron chi connectivity index (χ4n) is 2.11. The predicted octanol–water partition coefficient (Wildman–Crippen LogP) is 3.29. The van der Waals surface area contributed by atoms with E-state index in [9.17, 15) is 4.79 Å². The number of fused-ring (bicyclic) bond motifs is 1. The first-order chi connectivity index (χ1) is 10.7. The summed E-state index contributed by atoms with van der Waals surface area (Å²) in [4.78, 5) is 15.8. The highest BCUT2D eigenvalue weighted by Gasteiger charge is 2.13. The lowest BCUT2D eigenvalue weighted by Gasteiger charge is -2.08. The highest BCUT2D eigenvalue weighted by atomic mass is 16.7. The average molecular weight is 299 g/mol. The number of aromatic nitrogens is 1. The summed E-state index contributed by atoms with van der Waals surface area (Å²) in [7, 11) is 0. The zero-order valence-electron chi connectivity index (χ0n) is 12.3. The lowest BCUT2D eigenvalue weighted by atomic mass is 10.2. The van der Waals surface area contributed by atoms with Crippen LogP contribution in [-0.4, -0.2) is 17.7 Å². The van der Waals surface area contributed by atoms with Crippen molar-refractivity contribution in [3.05, 3.63) is 36.5 Å². The fraction of sp³-hybridized carbons (Fsp3) is 0.250. The number of ether oxygens (including phenoxy) is 2. The maximum absolute atomic E-state index is 11.5. The molecule has 114 valence electrons. The first kappa shape index (κ1) is 14.2. The number of carbonyl (C=O) groups excluding carboxylic acids is 1. The van der Waals surface area contributed by atoms with E-state index in [1.54, 1.807) is 6.20 Å². The Morgan fingerprint density at radius 1 is 1.18 bits per heavy atom. The van der Waals surface area contributed by atoms with Gasteiger partial charge >= 0.3 is 0 Å². The molecule has 1 aliphatic rings. The number of amides is 1. The van der Waals surface area contributed by atoms with E-state index in [4.69, 9.17) is 9.47 Å². The number of pyridine rings is 1. The third kappa shape index (κ3) is 3.28. The summed E-state index contributed by atoms with van der Waals surface area (Å²) in [6, 6.07) is 9.24. The van der Waals surface area contributed by atoms with Gasteiger partial charge in [-0.2, -0.15) is 0 Å². The molecule has 0 fully saturated rings. The number of hydrogen-bond acceptors (Lipinski definition) is 5. The van der Waals surface area contributed by atoms with Gasteiger partial charge in [-0.05, 0) is 30.7 Å². The minimum absolute atomic E-state index is 0.000722. The van der Waals surface area contributed by atoms with Crippen molar-refractivity contribution in [2.24, 2.45) is 0 Å². The lowest BCUT2D eigenvalue weighted by molar-refractivity contribution is -0.116. The van der Waals surface area contributed by atoms with Crippen LogP contribution in [0.25, 0.3) is 0 Å². The van der Waals surface area contributed by atoms with Crippen molar-refractivity contribution in [2.75, 3.05) is 17.4 Å². The number of carbonyl (C=O) groups is 1. The Morgan fingerprint density at radius 2 is 2.00 bits per heavy atom. The standard InChI is InChI=1S/C16H17N3O3/c1-2-3-16(20)19-12-5-7-15(17-9-12)18-11-4-6-13-14(8-11)22-10-21-13/h4-9H,2-3,10H2,1H3,(H,17,18)(H,19,20). The van der Waals surface area contributed by atoms with Crippen LogP contribution in [0, 0.1) is 0 Å². The van der Waals surface area contributed by atoms with Crippen molar-refractivity contribution in [3.63, 3.8) is 0 Å². The Hall–Kier alpha value is -2.76. The Kier molecular flexibility index (Phi) is 4.09. The molecule has 0 saturated heterocycles. The molecule has 0 unspecified atom stereocenters. The Labute approximate surface area is 128 Å². The summed E-state index contributed by atoms with van der Waals surface area (Å²) in [6.07, 6.45) is 2.96. The zero-order valence-corrected chi connectivity index (χ0v) is 12.3. The number of anilines is 3. The van der Waals surface area contributed by atoms with Gasteiger partial charge in [-0.15, -0.1) is 0 Å². The maximum atomic E-state index is 11.5. The van der Waals surface area contributed by atoms with Gasteiger partial charge in [0.2, 0.25) is 12.7 Å². The topological polar surface area (TPSA) is 72.5 Å². The van der Waals surface area contributed by atoms with Gasteiger partial charge in [0, 0.05) is 18.2 Å². The number of nitrogens with zero attached hydrogens (tertiary/aromatic N) is 1.